The highest BCUT2D eigenvalue weighted by Crippen LogP contribution is 2.14. The van der Waals surface area contributed by atoms with E-state index in [1.165, 1.54) is 0 Å². The number of aromatic carboxylic acids is 1. The predicted octanol–water partition coefficient (Wildman–Crippen LogP) is 2.57. The molecule has 1 aromatic heterocycles. The standard InChI is InChI=1S/C14H22N2O3/c1-4-6-12-7-10(14(17)18)8-13(16-12)15-11(5-2)9-19-3/h7-8,11H,4-6,9H2,1-3H3,(H,15,16)(H,17,18). The van der Waals surface area contributed by atoms with E-state index in [1.54, 1.807) is 19.2 Å². The Kier molecular flexibility index (Phi) is 6.29. The van der Waals surface area contributed by atoms with Gasteiger partial charge in [-0.25, -0.2) is 9.78 Å². The third-order valence-electron chi connectivity index (χ3n) is 2.84. The van der Waals surface area contributed by atoms with Crippen LogP contribution in [0.1, 0.15) is 42.7 Å². The van der Waals surface area contributed by atoms with Crippen LogP contribution in [0.15, 0.2) is 12.1 Å². The predicted molar refractivity (Wildman–Crippen MR) is 74.8 cm³/mol. The number of rotatable bonds is 8. The summed E-state index contributed by atoms with van der Waals surface area (Å²) in [5, 5.41) is 12.3. The summed E-state index contributed by atoms with van der Waals surface area (Å²) in [6.45, 7) is 4.66. The number of carbonyl (C=O) groups is 1. The fraction of sp³-hybridized carbons (Fsp3) is 0.571. The highest BCUT2D eigenvalue weighted by molar-refractivity contribution is 5.88. The normalized spacial score (nSPS) is 12.2. The van der Waals surface area contributed by atoms with Gasteiger partial charge in [0.2, 0.25) is 0 Å². The minimum atomic E-state index is -0.928. The number of ether oxygens (including phenoxy) is 1. The van der Waals surface area contributed by atoms with E-state index in [4.69, 9.17) is 9.84 Å². The molecule has 0 spiro atoms. The molecule has 1 aromatic rings. The second-order valence-electron chi connectivity index (χ2n) is 4.49. The molecule has 5 heteroatoms. The van der Waals surface area contributed by atoms with E-state index in [9.17, 15) is 4.79 Å². The largest absolute Gasteiger partial charge is 0.478 e. The van der Waals surface area contributed by atoms with E-state index in [0.29, 0.717) is 12.4 Å². The van der Waals surface area contributed by atoms with E-state index in [1.807, 2.05) is 13.8 Å². The van der Waals surface area contributed by atoms with Crippen LogP contribution >= 0.6 is 0 Å². The number of anilines is 1. The molecule has 0 bridgehead atoms. The number of hydrogen-bond acceptors (Lipinski definition) is 4. The summed E-state index contributed by atoms with van der Waals surface area (Å²) in [6.07, 6.45) is 2.59. The molecule has 1 heterocycles. The summed E-state index contributed by atoms with van der Waals surface area (Å²) in [6, 6.07) is 3.34. The van der Waals surface area contributed by atoms with Gasteiger partial charge in [-0.05, 0) is 25.0 Å². The molecule has 106 valence electrons. The minimum Gasteiger partial charge on any atom is -0.478 e. The number of pyridine rings is 1. The molecular weight excluding hydrogens is 244 g/mol. The fourth-order valence-electron chi connectivity index (χ4n) is 1.84. The maximum atomic E-state index is 11.1. The Morgan fingerprint density at radius 1 is 1.47 bits per heavy atom. The number of carboxylic acid groups (broad SMARTS) is 1. The summed E-state index contributed by atoms with van der Waals surface area (Å²) in [5.74, 6) is -0.324. The number of carboxylic acids is 1. The van der Waals surface area contributed by atoms with Crippen molar-refractivity contribution in [2.75, 3.05) is 19.0 Å². The Labute approximate surface area is 114 Å². The van der Waals surface area contributed by atoms with Crippen LogP contribution in [-0.4, -0.2) is 35.8 Å². The first-order valence-electron chi connectivity index (χ1n) is 6.60. The number of methoxy groups -OCH3 is 1. The second-order valence-corrected chi connectivity index (χ2v) is 4.49. The molecule has 0 saturated heterocycles. The maximum Gasteiger partial charge on any atom is 0.335 e. The van der Waals surface area contributed by atoms with Crippen LogP contribution < -0.4 is 5.32 Å². The van der Waals surface area contributed by atoms with Gasteiger partial charge in [0.25, 0.3) is 0 Å². The summed E-state index contributed by atoms with van der Waals surface area (Å²) in [5.41, 5.74) is 1.07. The van der Waals surface area contributed by atoms with Gasteiger partial charge in [0, 0.05) is 12.8 Å². The van der Waals surface area contributed by atoms with Crippen molar-refractivity contribution in [3.8, 4) is 0 Å². The molecule has 0 aliphatic heterocycles. The zero-order chi connectivity index (χ0) is 14.3. The summed E-state index contributed by atoms with van der Waals surface area (Å²) >= 11 is 0. The van der Waals surface area contributed by atoms with Gasteiger partial charge >= 0.3 is 5.97 Å². The van der Waals surface area contributed by atoms with E-state index < -0.39 is 5.97 Å². The van der Waals surface area contributed by atoms with Crippen LogP contribution in [0.5, 0.6) is 0 Å². The first-order chi connectivity index (χ1) is 9.10. The summed E-state index contributed by atoms with van der Waals surface area (Å²) < 4.78 is 5.12. The lowest BCUT2D eigenvalue weighted by Gasteiger charge is -2.17. The Bertz CT molecular complexity index is 421. The van der Waals surface area contributed by atoms with Gasteiger partial charge in [0.15, 0.2) is 0 Å². The molecule has 0 aliphatic rings. The van der Waals surface area contributed by atoms with Crippen LogP contribution in [0, 0.1) is 0 Å². The molecule has 19 heavy (non-hydrogen) atoms. The fourth-order valence-corrected chi connectivity index (χ4v) is 1.84. The Hall–Kier alpha value is -1.62. The van der Waals surface area contributed by atoms with Crippen molar-refractivity contribution >= 4 is 11.8 Å². The summed E-state index contributed by atoms with van der Waals surface area (Å²) in [7, 11) is 1.65. The molecule has 1 unspecified atom stereocenters. The van der Waals surface area contributed by atoms with Gasteiger partial charge in [-0.3, -0.25) is 0 Å². The number of aryl methyl sites for hydroxylation is 1. The lowest BCUT2D eigenvalue weighted by molar-refractivity contribution is 0.0696. The van der Waals surface area contributed by atoms with E-state index in [-0.39, 0.29) is 11.6 Å². The van der Waals surface area contributed by atoms with E-state index in [2.05, 4.69) is 10.3 Å². The van der Waals surface area contributed by atoms with Gasteiger partial charge in [0.05, 0.1) is 18.2 Å². The highest BCUT2D eigenvalue weighted by Gasteiger charge is 2.11. The first-order valence-corrected chi connectivity index (χ1v) is 6.60. The zero-order valence-electron chi connectivity index (χ0n) is 11.8. The van der Waals surface area contributed by atoms with Gasteiger partial charge < -0.3 is 15.2 Å². The number of nitrogens with one attached hydrogen (secondary N) is 1. The summed E-state index contributed by atoms with van der Waals surface area (Å²) in [4.78, 5) is 15.6. The van der Waals surface area contributed by atoms with Gasteiger partial charge in [-0.2, -0.15) is 0 Å². The molecule has 1 rings (SSSR count). The van der Waals surface area contributed by atoms with Crippen LogP contribution in [0.4, 0.5) is 5.82 Å². The molecule has 0 radical (unpaired) electrons. The third kappa shape index (κ3) is 4.87. The number of hydrogen-bond donors (Lipinski definition) is 2. The van der Waals surface area contributed by atoms with Crippen molar-refractivity contribution in [1.29, 1.82) is 0 Å². The Balaban J connectivity index is 2.94. The lowest BCUT2D eigenvalue weighted by Crippen LogP contribution is -2.24. The Morgan fingerprint density at radius 3 is 2.74 bits per heavy atom. The monoisotopic (exact) mass is 266 g/mol. The van der Waals surface area contributed by atoms with Crippen molar-refractivity contribution < 1.29 is 14.6 Å². The SMILES string of the molecule is CCCc1cc(C(=O)O)cc(NC(CC)COC)n1. The average molecular weight is 266 g/mol. The smallest absolute Gasteiger partial charge is 0.335 e. The molecule has 0 aromatic carbocycles. The van der Waals surface area contributed by atoms with Crippen molar-refractivity contribution in [3.05, 3.63) is 23.4 Å². The minimum absolute atomic E-state index is 0.135. The molecule has 0 fully saturated rings. The van der Waals surface area contributed by atoms with Crippen LogP contribution in [-0.2, 0) is 11.2 Å². The molecule has 1 atom stereocenters. The van der Waals surface area contributed by atoms with Crippen LogP contribution in [0.2, 0.25) is 0 Å². The second kappa shape index (κ2) is 7.74. The van der Waals surface area contributed by atoms with Crippen molar-refractivity contribution in [2.45, 2.75) is 39.2 Å². The quantitative estimate of drug-likeness (QED) is 0.756. The zero-order valence-corrected chi connectivity index (χ0v) is 11.8. The van der Waals surface area contributed by atoms with Crippen molar-refractivity contribution in [1.82, 2.24) is 4.98 Å². The first kappa shape index (κ1) is 15.4. The lowest BCUT2D eigenvalue weighted by atomic mass is 10.1. The van der Waals surface area contributed by atoms with Crippen LogP contribution in [0.3, 0.4) is 0 Å². The molecular formula is C14H22N2O3. The van der Waals surface area contributed by atoms with E-state index in [0.717, 1.165) is 25.0 Å². The highest BCUT2D eigenvalue weighted by atomic mass is 16.5. The number of nitrogens with zero attached hydrogens (tertiary/aromatic N) is 1. The molecule has 0 aliphatic carbocycles. The molecule has 2 N–H and O–H groups in total. The van der Waals surface area contributed by atoms with Crippen molar-refractivity contribution in [2.24, 2.45) is 0 Å². The molecule has 0 saturated carbocycles. The third-order valence-corrected chi connectivity index (χ3v) is 2.84. The number of aromatic nitrogens is 1. The van der Waals surface area contributed by atoms with Gasteiger partial charge in [0.1, 0.15) is 5.82 Å². The van der Waals surface area contributed by atoms with Gasteiger partial charge in [-0.1, -0.05) is 20.3 Å². The topological polar surface area (TPSA) is 71.5 Å². The van der Waals surface area contributed by atoms with Gasteiger partial charge in [-0.15, -0.1) is 0 Å². The van der Waals surface area contributed by atoms with Crippen LogP contribution in [0.25, 0.3) is 0 Å². The maximum absolute atomic E-state index is 11.1. The molecule has 0 amide bonds. The average Bonchev–Trinajstić information content (AvgIpc) is 2.38. The molecule has 5 nitrogen and oxygen atoms in total. The van der Waals surface area contributed by atoms with Crippen molar-refractivity contribution in [3.63, 3.8) is 0 Å². The van der Waals surface area contributed by atoms with E-state index >= 15 is 0 Å². The Morgan fingerprint density at radius 2 is 2.21 bits per heavy atom.